The van der Waals surface area contributed by atoms with Gasteiger partial charge in [-0.2, -0.15) is 0 Å². The van der Waals surface area contributed by atoms with E-state index >= 15 is 0 Å². The summed E-state index contributed by atoms with van der Waals surface area (Å²) >= 11 is 0. The molecule has 0 saturated carbocycles. The summed E-state index contributed by atoms with van der Waals surface area (Å²) in [7, 11) is 0. The van der Waals surface area contributed by atoms with Gasteiger partial charge in [0.1, 0.15) is 6.61 Å². The van der Waals surface area contributed by atoms with Gasteiger partial charge in [-0.05, 0) is 41.5 Å². The van der Waals surface area contributed by atoms with E-state index in [9.17, 15) is 24.8 Å². The Hall–Kier alpha value is -4.31. The van der Waals surface area contributed by atoms with Crippen LogP contribution in [-0.4, -0.2) is 46.2 Å². The molecule has 0 aliphatic heterocycles. The third-order valence-corrected chi connectivity index (χ3v) is 4.79. The molecule has 0 aliphatic carbocycles. The highest BCUT2D eigenvalue weighted by Crippen LogP contribution is 2.18. The second-order valence-corrected chi connectivity index (χ2v) is 7.43. The number of amides is 2. The second-order valence-electron chi connectivity index (χ2n) is 7.43. The Kier molecular flexibility index (Phi) is 8.64. The number of aliphatic hydroxyl groups is 1. The number of aliphatic hydroxyl groups excluding tert-OH is 1. The van der Waals surface area contributed by atoms with Crippen LogP contribution in [0, 0.1) is 10.1 Å². The van der Waals surface area contributed by atoms with E-state index in [1.807, 2.05) is 42.5 Å². The van der Waals surface area contributed by atoms with E-state index in [0.717, 1.165) is 16.8 Å². The molecule has 0 aliphatic rings. The number of benzene rings is 2. The highest BCUT2D eigenvalue weighted by molar-refractivity contribution is 5.79. The molecule has 176 valence electrons. The first-order valence-electron chi connectivity index (χ1n) is 10.5. The Labute approximate surface area is 195 Å². The molecule has 3 aromatic rings. The zero-order chi connectivity index (χ0) is 24.3. The molecule has 3 N–H and O–H groups in total. The molecule has 0 radical (unpaired) electrons. The second kappa shape index (κ2) is 12.1. The van der Waals surface area contributed by atoms with Crippen molar-refractivity contribution < 1.29 is 24.4 Å². The van der Waals surface area contributed by atoms with Crippen LogP contribution < -0.4 is 10.6 Å². The van der Waals surface area contributed by atoms with Crippen molar-refractivity contribution >= 4 is 17.7 Å². The maximum absolute atomic E-state index is 12.2. The Bertz CT molecular complexity index is 1120. The van der Waals surface area contributed by atoms with Crippen LogP contribution in [0.15, 0.2) is 72.9 Å². The fraction of sp³-hybridized carbons (Fsp3) is 0.208. The lowest BCUT2D eigenvalue weighted by Crippen LogP contribution is -2.40. The minimum absolute atomic E-state index is 0.0403. The van der Waals surface area contributed by atoms with Crippen molar-refractivity contribution in [3.63, 3.8) is 0 Å². The molecule has 2 amide bonds. The van der Waals surface area contributed by atoms with Crippen LogP contribution in [0.25, 0.3) is 11.3 Å². The number of aromatic nitrogens is 1. The molecule has 1 atom stereocenters. The number of non-ortho nitro benzene ring substituents is 1. The topological polar surface area (TPSA) is 144 Å². The number of hydrogen-bond acceptors (Lipinski definition) is 7. The number of nitrogens with one attached hydrogen (secondary N) is 2. The Morgan fingerprint density at radius 3 is 2.47 bits per heavy atom. The van der Waals surface area contributed by atoms with Gasteiger partial charge in [-0.3, -0.25) is 19.9 Å². The van der Waals surface area contributed by atoms with E-state index < -0.39 is 17.1 Å². The van der Waals surface area contributed by atoms with Crippen molar-refractivity contribution in [1.29, 1.82) is 0 Å². The van der Waals surface area contributed by atoms with Crippen molar-refractivity contribution in [3.8, 4) is 11.3 Å². The zero-order valence-corrected chi connectivity index (χ0v) is 18.2. The van der Waals surface area contributed by atoms with Crippen molar-refractivity contribution in [3.05, 3.63) is 94.2 Å². The van der Waals surface area contributed by atoms with Gasteiger partial charge in [0.25, 0.3) is 5.69 Å². The summed E-state index contributed by atoms with van der Waals surface area (Å²) in [6, 6.07) is 18.7. The van der Waals surface area contributed by atoms with Crippen molar-refractivity contribution in [1.82, 2.24) is 15.6 Å². The highest BCUT2D eigenvalue weighted by atomic mass is 16.6. The van der Waals surface area contributed by atoms with E-state index in [-0.39, 0.29) is 37.7 Å². The normalized spacial score (nSPS) is 11.3. The molecule has 0 saturated heterocycles. The molecule has 34 heavy (non-hydrogen) atoms. The van der Waals surface area contributed by atoms with Crippen LogP contribution in [0.1, 0.15) is 11.1 Å². The Morgan fingerprint density at radius 2 is 1.76 bits per heavy atom. The van der Waals surface area contributed by atoms with E-state index in [1.165, 1.54) is 24.3 Å². The molecule has 1 heterocycles. The van der Waals surface area contributed by atoms with E-state index in [0.29, 0.717) is 5.56 Å². The van der Waals surface area contributed by atoms with Gasteiger partial charge in [-0.25, -0.2) is 4.79 Å². The van der Waals surface area contributed by atoms with Crippen molar-refractivity contribution in [2.24, 2.45) is 0 Å². The molecule has 1 unspecified atom stereocenters. The number of nitro groups is 1. The smallest absolute Gasteiger partial charge is 0.407 e. The van der Waals surface area contributed by atoms with E-state index in [4.69, 9.17) is 4.74 Å². The lowest BCUT2D eigenvalue weighted by Gasteiger charge is -2.13. The summed E-state index contributed by atoms with van der Waals surface area (Å²) in [6.45, 7) is -0.232. The quantitative estimate of drug-likeness (QED) is 0.309. The number of carbonyl (C=O) groups is 2. The summed E-state index contributed by atoms with van der Waals surface area (Å²) in [4.78, 5) is 38.4. The van der Waals surface area contributed by atoms with Crippen molar-refractivity contribution in [2.45, 2.75) is 19.1 Å². The average molecular weight is 464 g/mol. The first-order chi connectivity index (χ1) is 16.4. The van der Waals surface area contributed by atoms with Crippen LogP contribution >= 0.6 is 0 Å². The summed E-state index contributed by atoms with van der Waals surface area (Å²) < 4.78 is 5.01. The number of rotatable bonds is 10. The van der Waals surface area contributed by atoms with Gasteiger partial charge in [0.2, 0.25) is 5.91 Å². The number of nitro benzene ring substituents is 1. The molecule has 2 aromatic carbocycles. The maximum Gasteiger partial charge on any atom is 0.407 e. The summed E-state index contributed by atoms with van der Waals surface area (Å²) in [6.07, 6.45) is 0.0825. The van der Waals surface area contributed by atoms with Gasteiger partial charge in [0, 0.05) is 37.0 Å². The zero-order valence-electron chi connectivity index (χ0n) is 18.2. The number of hydrogen-bond donors (Lipinski definition) is 3. The Morgan fingerprint density at radius 1 is 1.00 bits per heavy atom. The number of alkyl carbamates (subject to hydrolysis) is 1. The first kappa shape index (κ1) is 24.3. The van der Waals surface area contributed by atoms with Gasteiger partial charge in [0.05, 0.1) is 23.1 Å². The molecule has 0 bridgehead atoms. The molecule has 3 rings (SSSR count). The lowest BCUT2D eigenvalue weighted by molar-refractivity contribution is -0.384. The van der Waals surface area contributed by atoms with E-state index in [1.54, 1.807) is 6.20 Å². The third-order valence-electron chi connectivity index (χ3n) is 4.79. The monoisotopic (exact) mass is 464 g/mol. The summed E-state index contributed by atoms with van der Waals surface area (Å²) in [5, 5.41) is 25.7. The summed E-state index contributed by atoms with van der Waals surface area (Å²) in [5.41, 5.74) is 3.05. The van der Waals surface area contributed by atoms with Gasteiger partial charge < -0.3 is 20.5 Å². The largest absolute Gasteiger partial charge is 0.445 e. The first-order valence-corrected chi connectivity index (χ1v) is 10.5. The molecule has 10 heteroatoms. The minimum atomic E-state index is -1.00. The number of nitrogens with zero attached hydrogens (tertiary/aromatic N) is 2. The van der Waals surface area contributed by atoms with Crippen LogP contribution in [0.4, 0.5) is 10.5 Å². The Balaban J connectivity index is 1.36. The molecular formula is C24H24N4O6. The number of ether oxygens (including phenoxy) is 1. The van der Waals surface area contributed by atoms with Crippen LogP contribution in [0.3, 0.4) is 0 Å². The highest BCUT2D eigenvalue weighted by Gasteiger charge is 2.11. The molecule has 0 spiro atoms. The van der Waals surface area contributed by atoms with E-state index in [2.05, 4.69) is 15.6 Å². The predicted octanol–water partition coefficient (Wildman–Crippen LogP) is 2.60. The van der Waals surface area contributed by atoms with Crippen LogP contribution in [-0.2, 0) is 22.6 Å². The lowest BCUT2D eigenvalue weighted by atomic mass is 10.1. The average Bonchev–Trinajstić information content (AvgIpc) is 2.86. The molecule has 10 nitrogen and oxygen atoms in total. The maximum atomic E-state index is 12.2. The fourth-order valence-electron chi connectivity index (χ4n) is 3.04. The fourth-order valence-corrected chi connectivity index (χ4v) is 3.04. The summed E-state index contributed by atoms with van der Waals surface area (Å²) in [5.74, 6) is -0.266. The molecule has 0 fully saturated rings. The third kappa shape index (κ3) is 7.68. The van der Waals surface area contributed by atoms with Gasteiger partial charge in [-0.1, -0.05) is 24.3 Å². The van der Waals surface area contributed by atoms with Gasteiger partial charge in [0.15, 0.2) is 0 Å². The van der Waals surface area contributed by atoms with Crippen LogP contribution in [0.5, 0.6) is 0 Å². The molecular weight excluding hydrogens is 440 g/mol. The SMILES string of the molecule is O=C(Cc1cccc(-c2ccccn2)c1)NCC(O)CNC(=O)OCc1ccc([N+](=O)[O-])cc1. The number of carbonyl (C=O) groups excluding carboxylic acids is 2. The standard InChI is InChI=1S/C24H24N4O6/c29-21(15-27-24(31)34-16-17-7-9-20(10-8-17)28(32)33)14-26-23(30)13-18-4-3-5-19(12-18)22-6-1-2-11-25-22/h1-12,21,29H,13-16H2,(H,26,30)(H,27,31). The van der Waals surface area contributed by atoms with Gasteiger partial charge >= 0.3 is 6.09 Å². The molecule has 1 aromatic heterocycles. The predicted molar refractivity (Wildman–Crippen MR) is 124 cm³/mol. The minimum Gasteiger partial charge on any atom is -0.445 e. The van der Waals surface area contributed by atoms with Gasteiger partial charge in [-0.15, -0.1) is 0 Å². The number of pyridine rings is 1. The van der Waals surface area contributed by atoms with Crippen LogP contribution in [0.2, 0.25) is 0 Å². The van der Waals surface area contributed by atoms with Crippen molar-refractivity contribution in [2.75, 3.05) is 13.1 Å².